The van der Waals surface area contributed by atoms with Crippen LogP contribution in [0.15, 0.2) is 127 Å². The Labute approximate surface area is 232 Å². The minimum Gasteiger partial charge on any atom is -0.371 e. The lowest BCUT2D eigenvalue weighted by Crippen LogP contribution is -2.38. The van der Waals surface area contributed by atoms with Crippen molar-refractivity contribution in [1.82, 2.24) is 9.78 Å². The van der Waals surface area contributed by atoms with Crippen molar-refractivity contribution in [2.75, 3.05) is 12.4 Å². The van der Waals surface area contributed by atoms with E-state index in [1.807, 2.05) is 37.4 Å². The van der Waals surface area contributed by atoms with E-state index in [1.165, 1.54) is 0 Å². The van der Waals surface area contributed by atoms with Crippen LogP contribution in [0.4, 0.5) is 5.82 Å². The van der Waals surface area contributed by atoms with Crippen LogP contribution in [0.3, 0.4) is 0 Å². The molecule has 0 fully saturated rings. The lowest BCUT2D eigenvalue weighted by Gasteiger charge is -2.37. The van der Waals surface area contributed by atoms with Gasteiger partial charge in [0, 0.05) is 23.0 Å². The van der Waals surface area contributed by atoms with Crippen molar-refractivity contribution in [2.45, 2.75) is 5.54 Å². The first kappa shape index (κ1) is 24.5. The molecular formula is C34H25ClN4. The third-order valence-corrected chi connectivity index (χ3v) is 7.55. The summed E-state index contributed by atoms with van der Waals surface area (Å²) in [5.41, 5.74) is 5.83. The maximum absolute atomic E-state index is 9.45. The quantitative estimate of drug-likeness (QED) is 0.224. The van der Waals surface area contributed by atoms with E-state index in [0.29, 0.717) is 10.6 Å². The lowest BCUT2D eigenvalue weighted by molar-refractivity contribution is 0.477. The summed E-state index contributed by atoms with van der Waals surface area (Å²) in [6.45, 7) is 0. The molecule has 0 amide bonds. The lowest BCUT2D eigenvalue weighted by atomic mass is 9.77. The van der Waals surface area contributed by atoms with Crippen molar-refractivity contribution in [3.63, 3.8) is 0 Å². The number of hydrogen-bond acceptors (Lipinski definition) is 3. The highest BCUT2D eigenvalue weighted by molar-refractivity contribution is 6.33. The summed E-state index contributed by atoms with van der Waals surface area (Å²) >= 11 is 6.58. The second kappa shape index (κ2) is 10.1. The summed E-state index contributed by atoms with van der Waals surface area (Å²) in [5, 5.41) is 19.5. The van der Waals surface area contributed by atoms with Gasteiger partial charge in [0.2, 0.25) is 0 Å². The summed E-state index contributed by atoms with van der Waals surface area (Å²) in [6.07, 6.45) is 0. The van der Waals surface area contributed by atoms with Gasteiger partial charge in [-0.1, -0.05) is 109 Å². The number of hydrogen-bond donors (Lipinski definition) is 1. The van der Waals surface area contributed by atoms with Gasteiger partial charge in [-0.15, -0.1) is 0 Å². The number of aromatic nitrogens is 2. The van der Waals surface area contributed by atoms with Crippen LogP contribution in [-0.4, -0.2) is 16.8 Å². The SMILES string of the molecule is CNc1nn(C(c2ccccc2)(c2ccccc2)c2ccccc2)c2ccc(-c3cc(C#N)ccc3Cl)cc12. The summed E-state index contributed by atoms with van der Waals surface area (Å²) in [7, 11) is 1.89. The van der Waals surface area contributed by atoms with Gasteiger partial charge in [-0.25, -0.2) is 4.68 Å². The van der Waals surface area contributed by atoms with Gasteiger partial charge >= 0.3 is 0 Å². The zero-order valence-corrected chi connectivity index (χ0v) is 22.1. The molecule has 6 aromatic rings. The molecule has 0 spiro atoms. The molecular weight excluding hydrogens is 500 g/mol. The molecule has 0 saturated heterocycles. The van der Waals surface area contributed by atoms with Crippen LogP contribution in [0.25, 0.3) is 22.0 Å². The molecule has 0 unspecified atom stereocenters. The largest absolute Gasteiger partial charge is 0.371 e. The first-order chi connectivity index (χ1) is 19.2. The Kier molecular flexibility index (Phi) is 6.36. The number of fused-ring (bicyclic) bond motifs is 1. The molecule has 0 bridgehead atoms. The molecule has 0 aliphatic rings. The number of nitrogens with one attached hydrogen (secondary N) is 1. The van der Waals surface area contributed by atoms with Gasteiger partial charge in [0.1, 0.15) is 5.54 Å². The molecule has 1 heterocycles. The van der Waals surface area contributed by atoms with Gasteiger partial charge in [0.25, 0.3) is 0 Å². The molecule has 39 heavy (non-hydrogen) atoms. The molecule has 0 saturated carbocycles. The predicted octanol–water partition coefficient (Wildman–Crippen LogP) is 8.11. The van der Waals surface area contributed by atoms with Crippen LogP contribution >= 0.6 is 11.6 Å². The van der Waals surface area contributed by atoms with E-state index in [0.717, 1.165) is 44.5 Å². The fourth-order valence-electron chi connectivity index (χ4n) is 5.45. The Morgan fingerprint density at radius 3 is 1.82 bits per heavy atom. The summed E-state index contributed by atoms with van der Waals surface area (Å²) in [4.78, 5) is 0. The van der Waals surface area contributed by atoms with Crippen molar-refractivity contribution in [2.24, 2.45) is 0 Å². The Bertz CT molecular complexity index is 1710. The normalized spacial score (nSPS) is 11.3. The molecule has 0 atom stereocenters. The maximum atomic E-state index is 9.45. The summed E-state index contributed by atoms with van der Waals surface area (Å²) in [6, 6.07) is 45.3. The molecule has 6 rings (SSSR count). The standard InChI is InChI=1S/C34H25ClN4/c1-37-33-30-22-25(29-21-24(23-36)17-19-31(29)35)18-20-32(30)39(38-33)34(26-11-5-2-6-12-26,27-13-7-3-8-14-27)28-15-9-4-10-16-28/h2-22H,1H3,(H,37,38). The minimum absolute atomic E-state index is 0.565. The van der Waals surface area contributed by atoms with Crippen molar-refractivity contribution < 1.29 is 0 Å². The number of nitrogens with zero attached hydrogens (tertiary/aromatic N) is 3. The molecule has 188 valence electrons. The molecule has 0 aliphatic carbocycles. The number of halogens is 1. The first-order valence-electron chi connectivity index (χ1n) is 12.7. The van der Waals surface area contributed by atoms with Crippen LogP contribution in [0.2, 0.25) is 5.02 Å². The Morgan fingerprint density at radius 1 is 0.744 bits per heavy atom. The second-order valence-electron chi connectivity index (χ2n) is 9.36. The average Bonchev–Trinajstić information content (AvgIpc) is 3.38. The van der Waals surface area contributed by atoms with E-state index in [9.17, 15) is 5.26 Å². The van der Waals surface area contributed by atoms with Crippen LogP contribution in [0.1, 0.15) is 22.3 Å². The Morgan fingerprint density at radius 2 is 1.31 bits per heavy atom. The van der Waals surface area contributed by atoms with Crippen LogP contribution in [0, 0.1) is 11.3 Å². The number of rotatable bonds is 6. The maximum Gasteiger partial charge on any atom is 0.155 e. The van der Waals surface area contributed by atoms with E-state index in [-0.39, 0.29) is 0 Å². The van der Waals surface area contributed by atoms with Crippen LogP contribution < -0.4 is 5.32 Å². The van der Waals surface area contributed by atoms with E-state index in [2.05, 4.69) is 101 Å². The van der Waals surface area contributed by atoms with Crippen molar-refractivity contribution in [3.05, 3.63) is 155 Å². The van der Waals surface area contributed by atoms with Gasteiger partial charge in [-0.05, 0) is 52.6 Å². The van der Waals surface area contributed by atoms with E-state index < -0.39 is 5.54 Å². The monoisotopic (exact) mass is 524 g/mol. The summed E-state index contributed by atoms with van der Waals surface area (Å²) in [5.74, 6) is 0.756. The highest BCUT2D eigenvalue weighted by Crippen LogP contribution is 2.44. The van der Waals surface area contributed by atoms with Crippen LogP contribution in [-0.2, 0) is 5.54 Å². The first-order valence-corrected chi connectivity index (χ1v) is 13.1. The molecule has 0 radical (unpaired) electrons. The smallest absolute Gasteiger partial charge is 0.155 e. The highest BCUT2D eigenvalue weighted by atomic mass is 35.5. The number of anilines is 1. The van der Waals surface area contributed by atoms with Crippen molar-refractivity contribution in [3.8, 4) is 17.2 Å². The number of benzene rings is 5. The minimum atomic E-state index is -0.739. The average molecular weight is 525 g/mol. The fourth-order valence-corrected chi connectivity index (χ4v) is 5.67. The summed E-state index contributed by atoms with van der Waals surface area (Å²) < 4.78 is 2.13. The van der Waals surface area contributed by atoms with Gasteiger partial charge in [-0.2, -0.15) is 10.4 Å². The van der Waals surface area contributed by atoms with Crippen LogP contribution in [0.5, 0.6) is 0 Å². The van der Waals surface area contributed by atoms with Gasteiger partial charge in [0.05, 0.1) is 17.1 Å². The third kappa shape index (κ3) is 4.05. The van der Waals surface area contributed by atoms with E-state index in [4.69, 9.17) is 16.7 Å². The van der Waals surface area contributed by atoms with Crippen molar-refractivity contribution >= 4 is 28.3 Å². The molecule has 5 aromatic carbocycles. The number of nitriles is 1. The van der Waals surface area contributed by atoms with Gasteiger partial charge < -0.3 is 5.32 Å². The zero-order chi connectivity index (χ0) is 26.8. The zero-order valence-electron chi connectivity index (χ0n) is 21.3. The van der Waals surface area contributed by atoms with E-state index in [1.54, 1.807) is 12.1 Å². The third-order valence-electron chi connectivity index (χ3n) is 7.22. The molecule has 1 N–H and O–H groups in total. The molecule has 1 aromatic heterocycles. The molecule has 0 aliphatic heterocycles. The molecule has 5 heteroatoms. The van der Waals surface area contributed by atoms with Gasteiger partial charge in [-0.3, -0.25) is 0 Å². The Hall–Kier alpha value is -4.85. The second-order valence-corrected chi connectivity index (χ2v) is 9.76. The Balaban J connectivity index is 1.70. The van der Waals surface area contributed by atoms with Crippen molar-refractivity contribution in [1.29, 1.82) is 5.26 Å². The fraction of sp³-hybridized carbons (Fsp3) is 0.0588. The highest BCUT2D eigenvalue weighted by Gasteiger charge is 2.40. The van der Waals surface area contributed by atoms with Gasteiger partial charge in [0.15, 0.2) is 5.82 Å². The topological polar surface area (TPSA) is 53.6 Å². The molecule has 4 nitrogen and oxygen atoms in total. The van der Waals surface area contributed by atoms with E-state index >= 15 is 0 Å². The predicted molar refractivity (Wildman–Crippen MR) is 159 cm³/mol.